The van der Waals surface area contributed by atoms with Crippen molar-refractivity contribution in [2.45, 2.75) is 19.5 Å². The lowest BCUT2D eigenvalue weighted by Gasteiger charge is -2.17. The van der Waals surface area contributed by atoms with Crippen molar-refractivity contribution in [3.8, 4) is 28.5 Å². The molecule has 0 saturated carbocycles. The van der Waals surface area contributed by atoms with Crippen LogP contribution in [0.25, 0.3) is 33.3 Å². The number of rotatable bonds is 5. The second-order valence-electron chi connectivity index (χ2n) is 9.17. The van der Waals surface area contributed by atoms with Gasteiger partial charge in [0, 0.05) is 17.5 Å². The molecule has 0 bridgehead atoms. The number of nitrogens with zero attached hydrogens (tertiary/aromatic N) is 3. The highest BCUT2D eigenvalue weighted by Gasteiger charge is 2.35. The fourth-order valence-corrected chi connectivity index (χ4v) is 4.76. The van der Waals surface area contributed by atoms with Crippen molar-refractivity contribution in [1.82, 2.24) is 15.3 Å². The number of alkyl halides is 3. The number of nitriles is 1. The van der Waals surface area contributed by atoms with E-state index in [9.17, 15) is 17.6 Å². The third-order valence-corrected chi connectivity index (χ3v) is 6.64. The second kappa shape index (κ2) is 9.79. The van der Waals surface area contributed by atoms with E-state index in [1.54, 1.807) is 36.4 Å². The lowest BCUT2D eigenvalue weighted by molar-refractivity contribution is -0.137. The second-order valence-corrected chi connectivity index (χ2v) is 9.17. The fourth-order valence-electron chi connectivity index (χ4n) is 4.76. The summed E-state index contributed by atoms with van der Waals surface area (Å²) in [5.41, 5.74) is 0.968. The molecule has 1 saturated heterocycles. The van der Waals surface area contributed by atoms with Crippen molar-refractivity contribution < 1.29 is 17.6 Å². The van der Waals surface area contributed by atoms with Gasteiger partial charge in [0.15, 0.2) is 0 Å². The van der Waals surface area contributed by atoms with Gasteiger partial charge in [-0.3, -0.25) is 0 Å². The van der Waals surface area contributed by atoms with Crippen molar-refractivity contribution in [3.63, 3.8) is 0 Å². The first kappa shape index (κ1) is 24.7. The van der Waals surface area contributed by atoms with Crippen LogP contribution in [-0.4, -0.2) is 29.6 Å². The van der Waals surface area contributed by atoms with E-state index in [4.69, 9.17) is 5.26 Å². The smallest absolute Gasteiger partial charge is 0.354 e. The standard InChI is InChI=1S/C28H23F4N5/c1-16-3-2-4-21(25(16)28(30,31)32)18-7-8-24-22(11-18)26(19-5-6-20(13-33)23(29)12-19)37-27(36-24)35-15-17-9-10-34-14-17/h2-8,11-12,17,34H,9-10,14-15H2,1H3,(H,35,36,37). The molecule has 2 N–H and O–H groups in total. The topological polar surface area (TPSA) is 73.6 Å². The van der Waals surface area contributed by atoms with Crippen LogP contribution in [0.3, 0.4) is 0 Å². The summed E-state index contributed by atoms with van der Waals surface area (Å²) in [5, 5.41) is 16.2. The van der Waals surface area contributed by atoms with E-state index in [-0.39, 0.29) is 16.7 Å². The molecule has 0 amide bonds. The zero-order valence-corrected chi connectivity index (χ0v) is 20.0. The van der Waals surface area contributed by atoms with Crippen LogP contribution in [0, 0.1) is 30.0 Å². The highest BCUT2D eigenvalue weighted by atomic mass is 19.4. The first-order chi connectivity index (χ1) is 17.7. The molecule has 1 fully saturated rings. The molecule has 1 aliphatic rings. The van der Waals surface area contributed by atoms with E-state index in [1.165, 1.54) is 31.2 Å². The maximum atomic E-state index is 14.5. The SMILES string of the molecule is Cc1cccc(-c2ccc3nc(NCC4CCNC4)nc(-c4ccc(C#N)c(F)c4)c3c2)c1C(F)(F)F. The third-order valence-electron chi connectivity index (χ3n) is 6.64. The number of hydrogen-bond donors (Lipinski definition) is 2. The number of nitrogens with one attached hydrogen (secondary N) is 2. The van der Waals surface area contributed by atoms with Gasteiger partial charge in [-0.2, -0.15) is 18.4 Å². The minimum absolute atomic E-state index is 0.0438. The molecule has 1 unspecified atom stereocenters. The molecule has 0 spiro atoms. The molecule has 1 aromatic heterocycles. The van der Waals surface area contributed by atoms with Crippen LogP contribution >= 0.6 is 0 Å². The number of aromatic nitrogens is 2. The summed E-state index contributed by atoms with van der Waals surface area (Å²) in [6.07, 6.45) is -3.51. The van der Waals surface area contributed by atoms with Gasteiger partial charge in [0.2, 0.25) is 5.95 Å². The molecular weight excluding hydrogens is 482 g/mol. The molecule has 2 heterocycles. The average molecular weight is 506 g/mol. The van der Waals surface area contributed by atoms with E-state index < -0.39 is 17.6 Å². The largest absolute Gasteiger partial charge is 0.417 e. The summed E-state index contributed by atoms with van der Waals surface area (Å²) in [6.45, 7) is 3.91. The predicted octanol–water partition coefficient (Wildman–Crippen LogP) is 6.32. The van der Waals surface area contributed by atoms with E-state index in [0.717, 1.165) is 19.5 Å². The summed E-state index contributed by atoms with van der Waals surface area (Å²) in [7, 11) is 0. The van der Waals surface area contributed by atoms with Crippen molar-refractivity contribution >= 4 is 16.9 Å². The highest BCUT2D eigenvalue weighted by molar-refractivity contribution is 5.96. The summed E-state index contributed by atoms with van der Waals surface area (Å²) in [6, 6.07) is 15.3. The fraction of sp³-hybridized carbons (Fsp3) is 0.250. The number of aryl methyl sites for hydroxylation is 1. The van der Waals surface area contributed by atoms with Crippen LogP contribution in [0.1, 0.15) is 23.1 Å². The Morgan fingerprint density at radius 3 is 2.59 bits per heavy atom. The number of anilines is 1. The summed E-state index contributed by atoms with van der Waals surface area (Å²) in [4.78, 5) is 9.23. The third kappa shape index (κ3) is 4.98. The molecule has 4 aromatic rings. The van der Waals surface area contributed by atoms with E-state index in [2.05, 4.69) is 20.6 Å². The molecule has 0 aliphatic carbocycles. The zero-order valence-electron chi connectivity index (χ0n) is 20.0. The minimum atomic E-state index is -4.53. The highest BCUT2D eigenvalue weighted by Crippen LogP contribution is 2.40. The number of fused-ring (bicyclic) bond motifs is 1. The van der Waals surface area contributed by atoms with Crippen LogP contribution in [0.2, 0.25) is 0 Å². The van der Waals surface area contributed by atoms with Crippen LogP contribution in [-0.2, 0) is 6.18 Å². The van der Waals surface area contributed by atoms with Crippen LogP contribution in [0.4, 0.5) is 23.5 Å². The Bertz CT molecular complexity index is 1520. The molecule has 3 aromatic carbocycles. The van der Waals surface area contributed by atoms with Gasteiger partial charge in [-0.05, 0) is 73.3 Å². The maximum Gasteiger partial charge on any atom is 0.417 e. The van der Waals surface area contributed by atoms with Gasteiger partial charge in [0.1, 0.15) is 11.9 Å². The first-order valence-corrected chi connectivity index (χ1v) is 11.9. The molecule has 1 aliphatic heterocycles. The Labute approximate surface area is 211 Å². The van der Waals surface area contributed by atoms with Gasteiger partial charge in [-0.25, -0.2) is 14.4 Å². The van der Waals surface area contributed by atoms with Crippen molar-refractivity contribution in [2.75, 3.05) is 25.0 Å². The summed E-state index contributed by atoms with van der Waals surface area (Å²) >= 11 is 0. The lowest BCUT2D eigenvalue weighted by Crippen LogP contribution is -2.18. The average Bonchev–Trinajstić information content (AvgIpc) is 3.39. The molecule has 5 rings (SSSR count). The Balaban J connectivity index is 1.67. The summed E-state index contributed by atoms with van der Waals surface area (Å²) < 4.78 is 56.3. The maximum absolute atomic E-state index is 14.5. The van der Waals surface area contributed by atoms with Gasteiger partial charge < -0.3 is 10.6 Å². The van der Waals surface area contributed by atoms with Gasteiger partial charge in [0.25, 0.3) is 0 Å². The number of hydrogen-bond acceptors (Lipinski definition) is 5. The van der Waals surface area contributed by atoms with Gasteiger partial charge in [0.05, 0.1) is 22.3 Å². The van der Waals surface area contributed by atoms with Crippen molar-refractivity contribution in [3.05, 3.63) is 77.1 Å². The van der Waals surface area contributed by atoms with Gasteiger partial charge >= 0.3 is 6.18 Å². The van der Waals surface area contributed by atoms with E-state index in [1.807, 2.05) is 0 Å². The predicted molar refractivity (Wildman–Crippen MR) is 134 cm³/mol. The quantitative estimate of drug-likeness (QED) is 0.311. The van der Waals surface area contributed by atoms with Crippen LogP contribution in [0.5, 0.6) is 0 Å². The molecule has 5 nitrogen and oxygen atoms in total. The Morgan fingerprint density at radius 2 is 1.89 bits per heavy atom. The van der Waals surface area contributed by atoms with Crippen molar-refractivity contribution in [2.24, 2.45) is 5.92 Å². The Hall–Kier alpha value is -4.03. The van der Waals surface area contributed by atoms with Gasteiger partial charge in [-0.1, -0.05) is 30.3 Å². The summed E-state index contributed by atoms with van der Waals surface area (Å²) in [5.74, 6) is 0.0607. The monoisotopic (exact) mass is 505 g/mol. The molecule has 1 atom stereocenters. The minimum Gasteiger partial charge on any atom is -0.354 e. The van der Waals surface area contributed by atoms with E-state index >= 15 is 0 Å². The molecule has 188 valence electrons. The Kier molecular flexibility index (Phi) is 6.52. The van der Waals surface area contributed by atoms with Crippen LogP contribution < -0.4 is 10.6 Å². The van der Waals surface area contributed by atoms with Crippen LogP contribution in [0.15, 0.2) is 54.6 Å². The number of halogens is 4. The molecule has 9 heteroatoms. The molecular formula is C28H23F4N5. The molecule has 37 heavy (non-hydrogen) atoms. The number of benzene rings is 3. The zero-order chi connectivity index (χ0) is 26.2. The van der Waals surface area contributed by atoms with Gasteiger partial charge in [-0.15, -0.1) is 0 Å². The normalized spacial score (nSPS) is 15.6. The lowest BCUT2D eigenvalue weighted by atomic mass is 9.94. The molecule has 0 radical (unpaired) electrons. The van der Waals surface area contributed by atoms with E-state index in [0.29, 0.717) is 46.1 Å². The Morgan fingerprint density at radius 1 is 1.08 bits per heavy atom. The first-order valence-electron chi connectivity index (χ1n) is 11.9. The van der Waals surface area contributed by atoms with Crippen molar-refractivity contribution in [1.29, 1.82) is 5.26 Å².